The lowest BCUT2D eigenvalue weighted by Crippen LogP contribution is -2.45. The molecule has 1 aromatic heterocycles. The first-order valence-electron chi connectivity index (χ1n) is 6.86. The standard InChI is InChI=1S/C14H22N2S/c1-9(2)16-14(3,10-7-8-10)13-15-11-5-4-6-12(11)17-13/h9-10,16H,4-8H2,1-3H3. The second kappa shape index (κ2) is 4.06. The highest BCUT2D eigenvalue weighted by Crippen LogP contribution is 2.47. The zero-order valence-corrected chi connectivity index (χ0v) is 11.9. The molecule has 1 fully saturated rings. The van der Waals surface area contributed by atoms with Gasteiger partial charge in [-0.3, -0.25) is 0 Å². The van der Waals surface area contributed by atoms with Crippen molar-refractivity contribution in [3.05, 3.63) is 15.6 Å². The third-order valence-corrected chi connectivity index (χ3v) is 5.42. The molecule has 1 N–H and O–H groups in total. The molecular formula is C14H22N2S. The molecule has 1 aromatic rings. The Balaban J connectivity index is 1.91. The molecule has 1 atom stereocenters. The fourth-order valence-corrected chi connectivity index (χ4v) is 4.37. The second-order valence-electron chi connectivity index (χ2n) is 6.02. The summed E-state index contributed by atoms with van der Waals surface area (Å²) in [5.74, 6) is 0.802. The molecule has 0 aromatic carbocycles. The van der Waals surface area contributed by atoms with E-state index in [1.54, 1.807) is 4.88 Å². The highest BCUT2D eigenvalue weighted by Gasteiger charge is 2.45. The quantitative estimate of drug-likeness (QED) is 0.887. The Morgan fingerprint density at radius 1 is 1.35 bits per heavy atom. The van der Waals surface area contributed by atoms with E-state index >= 15 is 0 Å². The fraction of sp³-hybridized carbons (Fsp3) is 0.786. The largest absolute Gasteiger partial charge is 0.303 e. The van der Waals surface area contributed by atoms with Gasteiger partial charge in [0.25, 0.3) is 0 Å². The van der Waals surface area contributed by atoms with Crippen LogP contribution in [-0.2, 0) is 18.4 Å². The molecule has 0 radical (unpaired) electrons. The van der Waals surface area contributed by atoms with E-state index in [1.165, 1.54) is 42.8 Å². The summed E-state index contributed by atoms with van der Waals surface area (Å²) in [6.45, 7) is 6.84. The Morgan fingerprint density at radius 2 is 2.12 bits per heavy atom. The minimum Gasteiger partial charge on any atom is -0.303 e. The van der Waals surface area contributed by atoms with Gasteiger partial charge < -0.3 is 5.32 Å². The van der Waals surface area contributed by atoms with Crippen molar-refractivity contribution < 1.29 is 0 Å². The van der Waals surface area contributed by atoms with Crippen molar-refractivity contribution in [3.63, 3.8) is 0 Å². The molecule has 0 bridgehead atoms. The second-order valence-corrected chi connectivity index (χ2v) is 7.10. The summed E-state index contributed by atoms with van der Waals surface area (Å²) in [6.07, 6.45) is 6.50. The normalized spacial score (nSPS) is 22.8. The number of aromatic nitrogens is 1. The number of hydrogen-bond acceptors (Lipinski definition) is 3. The van der Waals surface area contributed by atoms with Crippen molar-refractivity contribution in [2.24, 2.45) is 5.92 Å². The van der Waals surface area contributed by atoms with Crippen molar-refractivity contribution >= 4 is 11.3 Å². The Kier molecular flexibility index (Phi) is 2.79. The Morgan fingerprint density at radius 3 is 2.71 bits per heavy atom. The van der Waals surface area contributed by atoms with Crippen molar-refractivity contribution in [1.29, 1.82) is 0 Å². The molecule has 1 saturated carbocycles. The van der Waals surface area contributed by atoms with Crippen LogP contribution >= 0.6 is 11.3 Å². The van der Waals surface area contributed by atoms with Gasteiger partial charge in [0.2, 0.25) is 0 Å². The molecule has 17 heavy (non-hydrogen) atoms. The fourth-order valence-electron chi connectivity index (χ4n) is 3.03. The van der Waals surface area contributed by atoms with Crippen LogP contribution in [0.25, 0.3) is 0 Å². The number of fused-ring (bicyclic) bond motifs is 1. The molecule has 0 amide bonds. The molecule has 2 aliphatic carbocycles. The van der Waals surface area contributed by atoms with Gasteiger partial charge in [0, 0.05) is 10.9 Å². The lowest BCUT2D eigenvalue weighted by molar-refractivity contribution is 0.290. The van der Waals surface area contributed by atoms with E-state index in [0.29, 0.717) is 6.04 Å². The van der Waals surface area contributed by atoms with Crippen molar-refractivity contribution in [1.82, 2.24) is 10.3 Å². The van der Waals surface area contributed by atoms with E-state index in [0.717, 1.165) is 5.92 Å². The summed E-state index contributed by atoms with van der Waals surface area (Å²) >= 11 is 1.97. The zero-order valence-electron chi connectivity index (χ0n) is 11.0. The van der Waals surface area contributed by atoms with E-state index < -0.39 is 0 Å². The van der Waals surface area contributed by atoms with E-state index in [9.17, 15) is 0 Å². The summed E-state index contributed by atoms with van der Waals surface area (Å²) in [5, 5.41) is 5.12. The summed E-state index contributed by atoms with van der Waals surface area (Å²) in [5.41, 5.74) is 1.52. The predicted octanol–water partition coefficient (Wildman–Crippen LogP) is 3.26. The molecule has 3 heteroatoms. The van der Waals surface area contributed by atoms with Crippen LogP contribution in [0.5, 0.6) is 0 Å². The number of aryl methyl sites for hydroxylation is 2. The molecule has 1 unspecified atom stereocenters. The minimum absolute atomic E-state index is 0.128. The van der Waals surface area contributed by atoms with Gasteiger partial charge in [0.05, 0.1) is 11.2 Å². The predicted molar refractivity (Wildman–Crippen MR) is 72.5 cm³/mol. The van der Waals surface area contributed by atoms with Gasteiger partial charge in [-0.05, 0) is 58.8 Å². The lowest BCUT2D eigenvalue weighted by Gasteiger charge is -2.31. The first-order chi connectivity index (χ1) is 8.09. The Labute approximate surface area is 108 Å². The van der Waals surface area contributed by atoms with Crippen LogP contribution in [0.4, 0.5) is 0 Å². The minimum atomic E-state index is 0.128. The molecule has 94 valence electrons. The van der Waals surface area contributed by atoms with Gasteiger partial charge in [-0.1, -0.05) is 0 Å². The lowest BCUT2D eigenvalue weighted by atomic mass is 9.95. The van der Waals surface area contributed by atoms with Crippen LogP contribution in [-0.4, -0.2) is 11.0 Å². The molecule has 0 aliphatic heterocycles. The van der Waals surface area contributed by atoms with Crippen LogP contribution in [0.2, 0.25) is 0 Å². The molecule has 0 spiro atoms. The average molecular weight is 250 g/mol. The summed E-state index contributed by atoms with van der Waals surface area (Å²) in [4.78, 5) is 6.49. The number of nitrogens with one attached hydrogen (secondary N) is 1. The summed E-state index contributed by atoms with van der Waals surface area (Å²) < 4.78 is 0. The van der Waals surface area contributed by atoms with E-state index in [1.807, 2.05) is 11.3 Å². The van der Waals surface area contributed by atoms with Gasteiger partial charge in [-0.25, -0.2) is 4.98 Å². The van der Waals surface area contributed by atoms with Crippen LogP contribution in [0.15, 0.2) is 0 Å². The highest BCUT2D eigenvalue weighted by atomic mass is 32.1. The highest BCUT2D eigenvalue weighted by molar-refractivity contribution is 7.12. The smallest absolute Gasteiger partial charge is 0.113 e. The first kappa shape index (κ1) is 11.7. The van der Waals surface area contributed by atoms with Gasteiger partial charge in [0.15, 0.2) is 0 Å². The first-order valence-corrected chi connectivity index (χ1v) is 7.68. The molecular weight excluding hydrogens is 228 g/mol. The Bertz CT molecular complexity index is 398. The van der Waals surface area contributed by atoms with Gasteiger partial charge in [-0.15, -0.1) is 11.3 Å². The molecule has 1 heterocycles. The van der Waals surface area contributed by atoms with Crippen molar-refractivity contribution in [3.8, 4) is 0 Å². The van der Waals surface area contributed by atoms with Crippen molar-refractivity contribution in [2.45, 2.75) is 64.5 Å². The zero-order chi connectivity index (χ0) is 12.0. The number of nitrogens with zero attached hydrogens (tertiary/aromatic N) is 1. The van der Waals surface area contributed by atoms with Gasteiger partial charge in [-0.2, -0.15) is 0 Å². The average Bonchev–Trinajstić information content (AvgIpc) is 2.86. The summed E-state index contributed by atoms with van der Waals surface area (Å²) in [7, 11) is 0. The van der Waals surface area contributed by atoms with E-state index in [2.05, 4.69) is 26.1 Å². The third-order valence-electron chi connectivity index (χ3n) is 4.02. The maximum Gasteiger partial charge on any atom is 0.113 e. The topological polar surface area (TPSA) is 24.9 Å². The third kappa shape index (κ3) is 2.04. The van der Waals surface area contributed by atoms with E-state index in [4.69, 9.17) is 4.98 Å². The number of thiazole rings is 1. The SMILES string of the molecule is CC(C)NC(C)(c1nc2c(s1)CCC2)C1CC1. The number of hydrogen-bond donors (Lipinski definition) is 1. The number of rotatable bonds is 4. The molecule has 2 nitrogen and oxygen atoms in total. The van der Waals surface area contributed by atoms with Crippen LogP contribution in [0.1, 0.15) is 55.6 Å². The van der Waals surface area contributed by atoms with E-state index in [-0.39, 0.29) is 5.54 Å². The maximum atomic E-state index is 4.93. The Hall–Kier alpha value is -0.410. The van der Waals surface area contributed by atoms with Crippen LogP contribution in [0.3, 0.4) is 0 Å². The summed E-state index contributed by atoms with van der Waals surface area (Å²) in [6, 6.07) is 0.527. The maximum absolute atomic E-state index is 4.93. The van der Waals surface area contributed by atoms with Crippen LogP contribution in [0, 0.1) is 5.92 Å². The molecule has 0 saturated heterocycles. The van der Waals surface area contributed by atoms with Gasteiger partial charge in [0.1, 0.15) is 5.01 Å². The molecule has 3 rings (SSSR count). The monoisotopic (exact) mass is 250 g/mol. The van der Waals surface area contributed by atoms with Crippen LogP contribution < -0.4 is 5.32 Å². The van der Waals surface area contributed by atoms with Gasteiger partial charge >= 0.3 is 0 Å². The van der Waals surface area contributed by atoms with Crippen molar-refractivity contribution in [2.75, 3.05) is 0 Å². The molecule has 2 aliphatic rings.